The van der Waals surface area contributed by atoms with Crippen LogP contribution in [0.15, 0.2) is 24.3 Å². The SMILES string of the molecule is COc1ccc(COC(=O)CN2C(=O)N[C@]3(C[C@H](C)CC(C)(C)C3)C2=O)cc1. The standard InChI is InChI=1S/C21H28N2O5/c1-14-9-20(2,3)13-21(10-14)18(25)23(19(26)22-21)11-17(24)28-12-15-5-7-16(27-4)8-6-15/h5-8,14H,9-13H2,1-4H3,(H,22,26)/t14-,21+/m1/s1. The highest BCUT2D eigenvalue weighted by Gasteiger charge is 2.56. The molecule has 1 aliphatic carbocycles. The fraction of sp³-hybridized carbons (Fsp3) is 0.571. The largest absolute Gasteiger partial charge is 0.497 e. The van der Waals surface area contributed by atoms with Crippen molar-refractivity contribution in [1.29, 1.82) is 0 Å². The number of esters is 1. The van der Waals surface area contributed by atoms with Crippen molar-refractivity contribution in [1.82, 2.24) is 10.2 Å². The summed E-state index contributed by atoms with van der Waals surface area (Å²) in [5, 5.41) is 2.86. The minimum atomic E-state index is -0.908. The van der Waals surface area contributed by atoms with Crippen molar-refractivity contribution in [3.8, 4) is 5.75 Å². The molecule has 1 spiro atoms. The lowest BCUT2D eigenvalue weighted by Gasteiger charge is -2.43. The van der Waals surface area contributed by atoms with Crippen LogP contribution in [0.1, 0.15) is 45.6 Å². The third kappa shape index (κ3) is 4.13. The van der Waals surface area contributed by atoms with Crippen molar-refractivity contribution >= 4 is 17.9 Å². The molecule has 152 valence electrons. The maximum absolute atomic E-state index is 13.0. The molecule has 2 atom stereocenters. The summed E-state index contributed by atoms with van der Waals surface area (Å²) in [7, 11) is 1.58. The number of nitrogens with zero attached hydrogens (tertiary/aromatic N) is 1. The Bertz CT molecular complexity index is 774. The molecule has 1 heterocycles. The second-order valence-corrected chi connectivity index (χ2v) is 8.77. The van der Waals surface area contributed by atoms with Gasteiger partial charge in [-0.1, -0.05) is 32.9 Å². The zero-order valence-corrected chi connectivity index (χ0v) is 16.9. The molecule has 1 aromatic rings. The molecule has 3 amide bonds. The molecule has 0 radical (unpaired) electrons. The number of hydrogen-bond donors (Lipinski definition) is 1. The van der Waals surface area contributed by atoms with E-state index in [-0.39, 0.29) is 24.5 Å². The third-order valence-electron chi connectivity index (χ3n) is 5.47. The van der Waals surface area contributed by atoms with Crippen LogP contribution < -0.4 is 10.1 Å². The van der Waals surface area contributed by atoms with Gasteiger partial charge in [0, 0.05) is 0 Å². The number of ether oxygens (including phenoxy) is 2. The topological polar surface area (TPSA) is 84.9 Å². The molecule has 0 bridgehead atoms. The second kappa shape index (κ2) is 7.45. The maximum Gasteiger partial charge on any atom is 0.326 e. The molecule has 7 nitrogen and oxygen atoms in total. The van der Waals surface area contributed by atoms with Gasteiger partial charge >= 0.3 is 12.0 Å². The lowest BCUT2D eigenvalue weighted by atomic mass is 9.64. The number of urea groups is 1. The van der Waals surface area contributed by atoms with Crippen LogP contribution in [0, 0.1) is 11.3 Å². The van der Waals surface area contributed by atoms with Gasteiger partial charge in [-0.2, -0.15) is 0 Å². The molecule has 1 aromatic carbocycles. The van der Waals surface area contributed by atoms with Crippen LogP contribution in [0.5, 0.6) is 5.75 Å². The predicted octanol–water partition coefficient (Wildman–Crippen LogP) is 2.88. The molecule has 7 heteroatoms. The van der Waals surface area contributed by atoms with Crippen molar-refractivity contribution in [2.75, 3.05) is 13.7 Å². The van der Waals surface area contributed by atoms with Gasteiger partial charge in [0.1, 0.15) is 24.4 Å². The quantitative estimate of drug-likeness (QED) is 0.619. The second-order valence-electron chi connectivity index (χ2n) is 8.77. The molecule has 3 rings (SSSR count). The van der Waals surface area contributed by atoms with Gasteiger partial charge in [-0.05, 0) is 48.3 Å². The van der Waals surface area contributed by atoms with E-state index in [1.807, 2.05) is 0 Å². The van der Waals surface area contributed by atoms with E-state index in [2.05, 4.69) is 26.1 Å². The lowest BCUT2D eigenvalue weighted by Crippen LogP contribution is -2.54. The molecule has 1 saturated heterocycles. The van der Waals surface area contributed by atoms with Crippen molar-refractivity contribution in [3.05, 3.63) is 29.8 Å². The summed E-state index contributed by atoms with van der Waals surface area (Å²) in [6.45, 7) is 6.00. The molecule has 2 fully saturated rings. The van der Waals surface area contributed by atoms with Crippen LogP contribution in [0.25, 0.3) is 0 Å². The van der Waals surface area contributed by atoms with E-state index in [1.165, 1.54) is 0 Å². The summed E-state index contributed by atoms with van der Waals surface area (Å²) in [6.07, 6.45) is 2.17. The Balaban J connectivity index is 1.61. The Morgan fingerprint density at radius 1 is 1.21 bits per heavy atom. The highest BCUT2D eigenvalue weighted by Crippen LogP contribution is 2.46. The van der Waals surface area contributed by atoms with Gasteiger partial charge in [-0.25, -0.2) is 4.79 Å². The zero-order chi connectivity index (χ0) is 20.5. The van der Waals surface area contributed by atoms with E-state index in [1.54, 1.807) is 31.4 Å². The van der Waals surface area contributed by atoms with Gasteiger partial charge < -0.3 is 14.8 Å². The van der Waals surface area contributed by atoms with Gasteiger partial charge in [0.2, 0.25) is 0 Å². The molecular weight excluding hydrogens is 360 g/mol. The first-order valence-electron chi connectivity index (χ1n) is 9.57. The van der Waals surface area contributed by atoms with E-state index in [9.17, 15) is 14.4 Å². The van der Waals surface area contributed by atoms with Gasteiger partial charge in [0.05, 0.1) is 7.11 Å². The fourth-order valence-electron chi connectivity index (χ4n) is 4.71. The maximum atomic E-state index is 13.0. The van der Waals surface area contributed by atoms with Gasteiger partial charge in [0.25, 0.3) is 5.91 Å². The fourth-order valence-corrected chi connectivity index (χ4v) is 4.71. The monoisotopic (exact) mass is 388 g/mol. The summed E-state index contributed by atoms with van der Waals surface area (Å²) in [6, 6.07) is 6.61. The summed E-state index contributed by atoms with van der Waals surface area (Å²) >= 11 is 0. The Hall–Kier alpha value is -2.57. The Kier molecular flexibility index (Phi) is 5.37. The Morgan fingerprint density at radius 3 is 2.50 bits per heavy atom. The van der Waals surface area contributed by atoms with E-state index in [0.717, 1.165) is 16.9 Å². The van der Waals surface area contributed by atoms with Gasteiger partial charge in [-0.3, -0.25) is 14.5 Å². The van der Waals surface area contributed by atoms with Gasteiger partial charge in [0.15, 0.2) is 0 Å². The summed E-state index contributed by atoms with van der Waals surface area (Å²) in [4.78, 5) is 38.7. The number of rotatable bonds is 5. The van der Waals surface area contributed by atoms with Crippen molar-refractivity contribution in [2.45, 2.75) is 52.2 Å². The molecule has 0 aromatic heterocycles. The minimum absolute atomic E-state index is 0.0501. The van der Waals surface area contributed by atoms with Crippen LogP contribution in [0.2, 0.25) is 0 Å². The Morgan fingerprint density at radius 2 is 1.89 bits per heavy atom. The van der Waals surface area contributed by atoms with E-state index >= 15 is 0 Å². The minimum Gasteiger partial charge on any atom is -0.497 e. The first-order chi connectivity index (χ1) is 13.1. The van der Waals surface area contributed by atoms with Crippen LogP contribution in [-0.4, -0.2) is 42.0 Å². The Labute approximate surface area is 165 Å². The third-order valence-corrected chi connectivity index (χ3v) is 5.47. The molecule has 28 heavy (non-hydrogen) atoms. The summed E-state index contributed by atoms with van der Waals surface area (Å²) < 4.78 is 10.3. The number of imide groups is 1. The first-order valence-corrected chi connectivity index (χ1v) is 9.57. The molecular formula is C21H28N2O5. The van der Waals surface area contributed by atoms with Crippen molar-refractivity contribution < 1.29 is 23.9 Å². The van der Waals surface area contributed by atoms with Crippen LogP contribution in [0.3, 0.4) is 0 Å². The number of hydrogen-bond acceptors (Lipinski definition) is 5. The molecule has 2 aliphatic rings. The summed E-state index contributed by atoms with van der Waals surface area (Å²) in [5.74, 6) is 0.0947. The number of nitrogens with one attached hydrogen (secondary N) is 1. The highest BCUT2D eigenvalue weighted by molar-refractivity contribution is 6.08. The number of carbonyl (C=O) groups is 3. The first kappa shape index (κ1) is 20.2. The molecule has 1 aliphatic heterocycles. The van der Waals surface area contributed by atoms with E-state index in [4.69, 9.17) is 9.47 Å². The van der Waals surface area contributed by atoms with Crippen molar-refractivity contribution in [2.24, 2.45) is 11.3 Å². The smallest absolute Gasteiger partial charge is 0.326 e. The average molecular weight is 388 g/mol. The normalized spacial score (nSPS) is 26.3. The van der Waals surface area contributed by atoms with Crippen molar-refractivity contribution in [3.63, 3.8) is 0 Å². The zero-order valence-electron chi connectivity index (χ0n) is 16.9. The molecule has 1 N–H and O–H groups in total. The van der Waals surface area contributed by atoms with E-state index in [0.29, 0.717) is 24.5 Å². The summed E-state index contributed by atoms with van der Waals surface area (Å²) in [5.41, 5.74) is -0.161. The average Bonchev–Trinajstić information content (AvgIpc) is 2.82. The van der Waals surface area contributed by atoms with Crippen LogP contribution >= 0.6 is 0 Å². The van der Waals surface area contributed by atoms with Gasteiger partial charge in [-0.15, -0.1) is 0 Å². The van der Waals surface area contributed by atoms with Crippen LogP contribution in [-0.2, 0) is 20.9 Å². The predicted molar refractivity (Wildman–Crippen MR) is 103 cm³/mol. The number of amides is 3. The number of carbonyl (C=O) groups excluding carboxylic acids is 3. The molecule has 1 saturated carbocycles. The van der Waals surface area contributed by atoms with E-state index < -0.39 is 17.5 Å². The van der Waals surface area contributed by atoms with Crippen LogP contribution in [0.4, 0.5) is 4.79 Å². The highest BCUT2D eigenvalue weighted by atomic mass is 16.5. The lowest BCUT2D eigenvalue weighted by molar-refractivity contribution is -0.149. The molecule has 0 unspecified atom stereocenters. The number of methoxy groups -OCH3 is 1. The number of benzene rings is 1.